The van der Waals surface area contributed by atoms with Gasteiger partial charge in [0.1, 0.15) is 0 Å². The van der Waals surface area contributed by atoms with Crippen molar-refractivity contribution in [2.24, 2.45) is 5.92 Å². The monoisotopic (exact) mass is 196 g/mol. The van der Waals surface area contributed by atoms with Gasteiger partial charge in [0.25, 0.3) is 0 Å². The molecule has 2 unspecified atom stereocenters. The first-order valence-electron chi connectivity index (χ1n) is 4.90. The second-order valence-electron chi connectivity index (χ2n) is 3.87. The van der Waals surface area contributed by atoms with Gasteiger partial charge in [0.15, 0.2) is 0 Å². The average Bonchev–Trinajstić information content (AvgIpc) is 2.53. The Morgan fingerprint density at radius 1 is 1.62 bits per heavy atom. The third-order valence-corrected chi connectivity index (χ3v) is 3.59. The van der Waals surface area contributed by atoms with E-state index in [1.54, 1.807) is 11.3 Å². The summed E-state index contributed by atoms with van der Waals surface area (Å²) in [5, 5.41) is 6.84. The lowest BCUT2D eigenvalue weighted by molar-refractivity contribution is 0.345. The zero-order valence-corrected chi connectivity index (χ0v) is 9.03. The standard InChI is InChI=1S/C10H16N2S/c1-7-5-11-4-3-9(7)10-6-13-8(2)12-10/h6-7,9,11H,3-5H2,1-2H3. The Morgan fingerprint density at radius 3 is 3.08 bits per heavy atom. The van der Waals surface area contributed by atoms with Gasteiger partial charge in [0, 0.05) is 11.3 Å². The lowest BCUT2D eigenvalue weighted by Crippen LogP contribution is -2.33. The zero-order valence-electron chi connectivity index (χ0n) is 8.21. The van der Waals surface area contributed by atoms with E-state index in [-0.39, 0.29) is 0 Å². The van der Waals surface area contributed by atoms with Gasteiger partial charge in [-0.2, -0.15) is 0 Å². The van der Waals surface area contributed by atoms with Crippen LogP contribution >= 0.6 is 11.3 Å². The first-order chi connectivity index (χ1) is 6.27. The van der Waals surface area contributed by atoms with E-state index < -0.39 is 0 Å². The van der Waals surface area contributed by atoms with Crippen LogP contribution < -0.4 is 5.32 Å². The van der Waals surface area contributed by atoms with Gasteiger partial charge in [-0.05, 0) is 32.4 Å². The number of aromatic nitrogens is 1. The highest BCUT2D eigenvalue weighted by molar-refractivity contribution is 7.09. The van der Waals surface area contributed by atoms with Crippen molar-refractivity contribution in [3.05, 3.63) is 16.1 Å². The average molecular weight is 196 g/mol. The van der Waals surface area contributed by atoms with Crippen LogP contribution in [0.2, 0.25) is 0 Å². The summed E-state index contributed by atoms with van der Waals surface area (Å²) in [5.74, 6) is 1.42. The first-order valence-corrected chi connectivity index (χ1v) is 5.78. The number of hydrogen-bond acceptors (Lipinski definition) is 3. The minimum Gasteiger partial charge on any atom is -0.316 e. The number of hydrogen-bond donors (Lipinski definition) is 1. The van der Waals surface area contributed by atoms with Crippen LogP contribution in [0.1, 0.15) is 30.0 Å². The van der Waals surface area contributed by atoms with E-state index >= 15 is 0 Å². The van der Waals surface area contributed by atoms with Crippen LogP contribution in [0.5, 0.6) is 0 Å². The van der Waals surface area contributed by atoms with Crippen LogP contribution in [0, 0.1) is 12.8 Å². The molecule has 1 aliphatic rings. The maximum atomic E-state index is 4.58. The number of aryl methyl sites for hydroxylation is 1. The lowest BCUT2D eigenvalue weighted by atomic mass is 9.86. The molecule has 72 valence electrons. The molecule has 1 aromatic rings. The summed E-state index contributed by atoms with van der Waals surface area (Å²) in [6, 6.07) is 0. The second kappa shape index (κ2) is 3.76. The largest absolute Gasteiger partial charge is 0.316 e. The molecule has 0 spiro atoms. The maximum Gasteiger partial charge on any atom is 0.0897 e. The number of rotatable bonds is 1. The van der Waals surface area contributed by atoms with Crippen molar-refractivity contribution < 1.29 is 0 Å². The highest BCUT2D eigenvalue weighted by Crippen LogP contribution is 2.30. The van der Waals surface area contributed by atoms with Gasteiger partial charge in [-0.25, -0.2) is 4.98 Å². The summed E-state index contributed by atoms with van der Waals surface area (Å²) >= 11 is 1.77. The fourth-order valence-corrected chi connectivity index (χ4v) is 2.68. The smallest absolute Gasteiger partial charge is 0.0897 e. The molecule has 0 aromatic carbocycles. The van der Waals surface area contributed by atoms with Gasteiger partial charge in [-0.1, -0.05) is 6.92 Å². The SMILES string of the molecule is Cc1nc(C2CCNCC2C)cs1. The van der Waals surface area contributed by atoms with Gasteiger partial charge in [0.2, 0.25) is 0 Å². The second-order valence-corrected chi connectivity index (χ2v) is 4.93. The minimum absolute atomic E-state index is 0.686. The van der Waals surface area contributed by atoms with Crippen LogP contribution in [0.15, 0.2) is 5.38 Å². The van der Waals surface area contributed by atoms with Crippen molar-refractivity contribution in [3.63, 3.8) is 0 Å². The molecule has 1 aromatic heterocycles. The van der Waals surface area contributed by atoms with Crippen LogP contribution in [-0.2, 0) is 0 Å². The van der Waals surface area contributed by atoms with Crippen molar-refractivity contribution in [1.82, 2.24) is 10.3 Å². The molecule has 2 nitrogen and oxygen atoms in total. The van der Waals surface area contributed by atoms with Crippen molar-refractivity contribution in [2.45, 2.75) is 26.2 Å². The summed E-state index contributed by atoms with van der Waals surface area (Å²) < 4.78 is 0. The van der Waals surface area contributed by atoms with E-state index in [0.29, 0.717) is 5.92 Å². The third kappa shape index (κ3) is 1.92. The molecule has 2 rings (SSSR count). The Morgan fingerprint density at radius 2 is 2.46 bits per heavy atom. The number of nitrogens with zero attached hydrogens (tertiary/aromatic N) is 1. The Bertz CT molecular complexity index is 282. The lowest BCUT2D eigenvalue weighted by Gasteiger charge is -2.28. The van der Waals surface area contributed by atoms with Crippen LogP contribution in [0.25, 0.3) is 0 Å². The van der Waals surface area contributed by atoms with Gasteiger partial charge >= 0.3 is 0 Å². The quantitative estimate of drug-likeness (QED) is 0.744. The normalized spacial score (nSPS) is 29.1. The van der Waals surface area contributed by atoms with E-state index in [1.807, 2.05) is 0 Å². The number of thiazole rings is 1. The fourth-order valence-electron chi connectivity index (χ4n) is 2.00. The van der Waals surface area contributed by atoms with E-state index in [2.05, 4.69) is 29.5 Å². The molecule has 13 heavy (non-hydrogen) atoms. The summed E-state index contributed by atoms with van der Waals surface area (Å²) in [6.45, 7) is 6.68. The van der Waals surface area contributed by atoms with E-state index in [0.717, 1.165) is 19.0 Å². The molecule has 0 saturated carbocycles. The van der Waals surface area contributed by atoms with Crippen molar-refractivity contribution in [2.75, 3.05) is 13.1 Å². The van der Waals surface area contributed by atoms with E-state index in [9.17, 15) is 0 Å². The molecule has 1 saturated heterocycles. The number of nitrogens with one attached hydrogen (secondary N) is 1. The Hall–Kier alpha value is -0.410. The molecule has 1 fully saturated rings. The molecule has 0 bridgehead atoms. The van der Waals surface area contributed by atoms with Gasteiger partial charge in [-0.3, -0.25) is 0 Å². The summed E-state index contributed by atoms with van der Waals surface area (Å²) in [6.07, 6.45) is 1.24. The van der Waals surface area contributed by atoms with Crippen LogP contribution in [0.3, 0.4) is 0 Å². The molecule has 0 amide bonds. The molecule has 1 aliphatic heterocycles. The summed E-state index contributed by atoms with van der Waals surface area (Å²) in [5.41, 5.74) is 1.32. The maximum absolute atomic E-state index is 4.58. The molecular weight excluding hydrogens is 180 g/mol. The molecule has 0 radical (unpaired) electrons. The van der Waals surface area contributed by atoms with Crippen molar-refractivity contribution in [3.8, 4) is 0 Å². The molecule has 2 heterocycles. The summed E-state index contributed by atoms with van der Waals surface area (Å²) in [7, 11) is 0. The van der Waals surface area contributed by atoms with Crippen molar-refractivity contribution in [1.29, 1.82) is 0 Å². The Labute approximate surface area is 83.4 Å². The van der Waals surface area contributed by atoms with Crippen LogP contribution in [-0.4, -0.2) is 18.1 Å². The number of piperidine rings is 1. The molecule has 3 heteroatoms. The van der Waals surface area contributed by atoms with Gasteiger partial charge in [-0.15, -0.1) is 11.3 Å². The van der Waals surface area contributed by atoms with Crippen molar-refractivity contribution >= 4 is 11.3 Å². The van der Waals surface area contributed by atoms with Gasteiger partial charge in [0.05, 0.1) is 10.7 Å². The molecular formula is C10H16N2S. The van der Waals surface area contributed by atoms with Crippen LogP contribution in [0.4, 0.5) is 0 Å². The predicted octanol–water partition coefficient (Wildman–Crippen LogP) is 2.16. The van der Waals surface area contributed by atoms with E-state index in [1.165, 1.54) is 17.1 Å². The van der Waals surface area contributed by atoms with Gasteiger partial charge < -0.3 is 5.32 Å². The molecule has 0 aliphatic carbocycles. The topological polar surface area (TPSA) is 24.9 Å². The highest BCUT2D eigenvalue weighted by Gasteiger charge is 2.24. The third-order valence-electron chi connectivity index (χ3n) is 2.80. The Balaban J connectivity index is 2.14. The fraction of sp³-hybridized carbons (Fsp3) is 0.700. The molecule has 1 N–H and O–H groups in total. The minimum atomic E-state index is 0.686. The highest BCUT2D eigenvalue weighted by atomic mass is 32.1. The zero-order chi connectivity index (χ0) is 9.26. The summed E-state index contributed by atoms with van der Waals surface area (Å²) in [4.78, 5) is 4.58. The predicted molar refractivity (Wildman–Crippen MR) is 56.2 cm³/mol. The van der Waals surface area contributed by atoms with E-state index in [4.69, 9.17) is 0 Å². The molecule has 2 atom stereocenters. The first kappa shape index (κ1) is 9.16. The Kier molecular flexibility index (Phi) is 2.65.